The average molecular weight is 528 g/mol. The predicted octanol–water partition coefficient (Wildman–Crippen LogP) is 3.11. The van der Waals surface area contributed by atoms with E-state index < -0.39 is 33.8 Å². The van der Waals surface area contributed by atoms with Gasteiger partial charge in [0.1, 0.15) is 6.04 Å². The molecule has 0 bridgehead atoms. The minimum atomic E-state index is -3.86. The van der Waals surface area contributed by atoms with Crippen molar-refractivity contribution in [1.82, 2.24) is 14.2 Å². The van der Waals surface area contributed by atoms with Crippen LogP contribution in [0.3, 0.4) is 0 Å². The first-order chi connectivity index (χ1) is 17.5. The van der Waals surface area contributed by atoms with Crippen LogP contribution < -0.4 is 5.32 Å². The van der Waals surface area contributed by atoms with E-state index in [4.69, 9.17) is 4.74 Å². The van der Waals surface area contributed by atoms with Crippen LogP contribution >= 0.6 is 0 Å². The molecule has 0 fully saturated rings. The average Bonchev–Trinajstić information content (AvgIpc) is 3.25. The minimum absolute atomic E-state index is 0.106. The van der Waals surface area contributed by atoms with Crippen LogP contribution in [0.1, 0.15) is 39.7 Å². The van der Waals surface area contributed by atoms with Crippen LogP contribution in [0.2, 0.25) is 0 Å². The van der Waals surface area contributed by atoms with Gasteiger partial charge in [0.15, 0.2) is 0 Å². The number of carbonyl (C=O) groups excluding carboxylic acids is 3. The summed E-state index contributed by atoms with van der Waals surface area (Å²) < 4.78 is 32.8. The van der Waals surface area contributed by atoms with Crippen LogP contribution in [-0.2, 0) is 35.6 Å². The molecule has 10 heteroatoms. The molecule has 0 radical (unpaired) electrons. The highest BCUT2D eigenvalue weighted by atomic mass is 32.2. The van der Waals surface area contributed by atoms with Crippen LogP contribution in [0.25, 0.3) is 10.9 Å². The molecule has 9 nitrogen and oxygen atoms in total. The van der Waals surface area contributed by atoms with Crippen molar-refractivity contribution in [3.8, 4) is 0 Å². The first-order valence-corrected chi connectivity index (χ1v) is 13.5. The molecule has 3 rings (SSSR count). The maximum Gasteiger partial charge on any atom is 0.328 e. The normalized spacial score (nSPS) is 12.5. The molecule has 2 amide bonds. The molecule has 37 heavy (non-hydrogen) atoms. The Hall–Kier alpha value is -3.66. The fourth-order valence-corrected chi connectivity index (χ4v) is 5.83. The number of hydrogen-bond donors (Lipinski definition) is 1. The summed E-state index contributed by atoms with van der Waals surface area (Å²) in [5.74, 6) is -2.32. The number of para-hydroxylation sites is 1. The van der Waals surface area contributed by atoms with Gasteiger partial charge in [-0.2, -0.15) is 0 Å². The second-order valence-corrected chi connectivity index (χ2v) is 11.1. The quantitative estimate of drug-likeness (QED) is 0.338. The van der Waals surface area contributed by atoms with E-state index in [-0.39, 0.29) is 29.8 Å². The molecule has 0 aliphatic heterocycles. The number of ether oxygens (including phenoxy) is 1. The van der Waals surface area contributed by atoms with Gasteiger partial charge in [-0.25, -0.2) is 17.2 Å². The van der Waals surface area contributed by atoms with Crippen LogP contribution in [0.15, 0.2) is 65.7 Å². The van der Waals surface area contributed by atoms with Gasteiger partial charge < -0.3 is 15.0 Å². The Kier molecular flexibility index (Phi) is 8.75. The van der Waals surface area contributed by atoms with E-state index in [2.05, 4.69) is 5.32 Å². The van der Waals surface area contributed by atoms with E-state index in [0.717, 1.165) is 0 Å². The lowest BCUT2D eigenvalue weighted by Crippen LogP contribution is -2.53. The Bertz CT molecular complexity index is 1370. The third-order valence-corrected chi connectivity index (χ3v) is 7.78. The van der Waals surface area contributed by atoms with Crippen LogP contribution in [0.4, 0.5) is 0 Å². The summed E-state index contributed by atoms with van der Waals surface area (Å²) in [6.07, 6.45) is 1.89. The monoisotopic (exact) mass is 527 g/mol. The SMILES string of the molecule is COC(=O)C(CCc1cn(S(=O)(=O)c2ccccc2)c2ccccc12)NC(=O)C(=O)N(C(C)C)C(C)C. The van der Waals surface area contributed by atoms with Gasteiger partial charge in [0, 0.05) is 23.7 Å². The number of amides is 2. The van der Waals surface area contributed by atoms with Crippen LogP contribution in [0, 0.1) is 0 Å². The van der Waals surface area contributed by atoms with E-state index in [1.54, 1.807) is 42.5 Å². The smallest absolute Gasteiger partial charge is 0.328 e. The zero-order valence-electron chi connectivity index (χ0n) is 21.7. The Morgan fingerprint density at radius 3 is 2.14 bits per heavy atom. The van der Waals surface area contributed by atoms with Gasteiger partial charge in [-0.1, -0.05) is 36.4 Å². The van der Waals surface area contributed by atoms with Crippen molar-refractivity contribution in [2.24, 2.45) is 0 Å². The fraction of sp³-hybridized carbons (Fsp3) is 0.370. The molecule has 0 aliphatic carbocycles. The van der Waals surface area contributed by atoms with Crippen molar-refractivity contribution < 1.29 is 27.5 Å². The highest BCUT2D eigenvalue weighted by Gasteiger charge is 2.31. The Balaban J connectivity index is 1.88. The molecule has 1 unspecified atom stereocenters. The first kappa shape index (κ1) is 27.9. The molecule has 1 atom stereocenters. The molecule has 0 aliphatic rings. The van der Waals surface area contributed by atoms with Crippen LogP contribution in [-0.4, -0.2) is 60.3 Å². The fourth-order valence-electron chi connectivity index (χ4n) is 4.42. The van der Waals surface area contributed by atoms with E-state index in [1.165, 1.54) is 34.3 Å². The summed E-state index contributed by atoms with van der Waals surface area (Å²) in [6.45, 7) is 7.23. The molecule has 3 aromatic rings. The maximum absolute atomic E-state index is 13.3. The number of carbonyl (C=O) groups is 3. The van der Waals surface area contributed by atoms with Crippen molar-refractivity contribution in [3.05, 3.63) is 66.4 Å². The first-order valence-electron chi connectivity index (χ1n) is 12.1. The number of nitrogens with one attached hydrogen (secondary N) is 1. The zero-order chi connectivity index (χ0) is 27.3. The van der Waals surface area contributed by atoms with Crippen LogP contribution in [0.5, 0.6) is 0 Å². The van der Waals surface area contributed by atoms with E-state index in [9.17, 15) is 22.8 Å². The second-order valence-electron chi connectivity index (χ2n) is 9.27. The largest absolute Gasteiger partial charge is 0.467 e. The summed E-state index contributed by atoms with van der Waals surface area (Å²) in [6, 6.07) is 13.7. The van der Waals surface area contributed by atoms with E-state index >= 15 is 0 Å². The van der Waals surface area contributed by atoms with Gasteiger partial charge in [-0.05, 0) is 64.3 Å². The number of methoxy groups -OCH3 is 1. The highest BCUT2D eigenvalue weighted by Crippen LogP contribution is 2.27. The number of esters is 1. The van der Waals surface area contributed by atoms with Crippen molar-refractivity contribution in [2.75, 3.05) is 7.11 Å². The number of aromatic nitrogens is 1. The van der Waals surface area contributed by atoms with Gasteiger partial charge in [-0.15, -0.1) is 0 Å². The Labute approximate surface area is 217 Å². The van der Waals surface area contributed by atoms with E-state index in [1.807, 2.05) is 27.7 Å². The summed E-state index contributed by atoms with van der Waals surface area (Å²) in [5, 5.41) is 3.22. The van der Waals surface area contributed by atoms with Gasteiger partial charge >= 0.3 is 17.8 Å². The molecule has 2 aromatic carbocycles. The van der Waals surface area contributed by atoms with Crippen molar-refractivity contribution in [1.29, 1.82) is 0 Å². The number of fused-ring (bicyclic) bond motifs is 1. The third-order valence-electron chi connectivity index (χ3n) is 6.10. The molecule has 1 heterocycles. The second kappa shape index (κ2) is 11.6. The lowest BCUT2D eigenvalue weighted by Gasteiger charge is -2.30. The minimum Gasteiger partial charge on any atom is -0.467 e. The molecule has 0 spiro atoms. The van der Waals surface area contributed by atoms with Gasteiger partial charge in [-0.3, -0.25) is 9.59 Å². The van der Waals surface area contributed by atoms with Gasteiger partial charge in [0.2, 0.25) is 0 Å². The summed E-state index contributed by atoms with van der Waals surface area (Å²) >= 11 is 0. The predicted molar refractivity (Wildman–Crippen MR) is 140 cm³/mol. The lowest BCUT2D eigenvalue weighted by molar-refractivity contribution is -0.151. The number of rotatable bonds is 9. The Morgan fingerprint density at radius 1 is 0.946 bits per heavy atom. The maximum atomic E-state index is 13.3. The summed E-state index contributed by atoms with van der Waals surface area (Å²) in [7, 11) is -2.65. The summed E-state index contributed by atoms with van der Waals surface area (Å²) in [5.41, 5.74) is 1.18. The Morgan fingerprint density at radius 2 is 1.54 bits per heavy atom. The molecule has 1 aromatic heterocycles. The highest BCUT2D eigenvalue weighted by molar-refractivity contribution is 7.90. The zero-order valence-corrected chi connectivity index (χ0v) is 22.5. The number of nitrogens with zero attached hydrogens (tertiary/aromatic N) is 2. The molecular formula is C27H33N3O6S. The molecule has 198 valence electrons. The number of benzene rings is 2. The molecule has 1 N–H and O–H groups in total. The standard InChI is InChI=1S/C27H33N3O6S/c1-18(2)30(19(3)4)26(32)25(31)28-23(27(33)36-5)16-15-20-17-29(24-14-10-9-13-22(20)24)37(34,35)21-11-7-6-8-12-21/h6-14,17-19,23H,15-16H2,1-5H3,(H,28,31). The molecular weight excluding hydrogens is 494 g/mol. The topological polar surface area (TPSA) is 115 Å². The van der Waals surface area contributed by atoms with Crippen molar-refractivity contribution >= 4 is 38.7 Å². The van der Waals surface area contributed by atoms with E-state index in [0.29, 0.717) is 16.5 Å². The molecule has 0 saturated heterocycles. The molecule has 0 saturated carbocycles. The number of aryl methyl sites for hydroxylation is 1. The van der Waals surface area contributed by atoms with Gasteiger partial charge in [0.25, 0.3) is 10.0 Å². The summed E-state index contributed by atoms with van der Waals surface area (Å²) in [4.78, 5) is 39.6. The van der Waals surface area contributed by atoms with Gasteiger partial charge in [0.05, 0.1) is 17.5 Å². The third kappa shape index (κ3) is 6.02. The van der Waals surface area contributed by atoms with Crippen molar-refractivity contribution in [3.63, 3.8) is 0 Å². The van der Waals surface area contributed by atoms with Crippen molar-refractivity contribution in [2.45, 2.75) is 63.6 Å². The lowest BCUT2D eigenvalue weighted by atomic mass is 10.0. The number of hydrogen-bond acceptors (Lipinski definition) is 6.